The van der Waals surface area contributed by atoms with Gasteiger partial charge in [-0.1, -0.05) is 6.92 Å². The minimum Gasteiger partial charge on any atom is -0.477 e. The second-order valence-corrected chi connectivity index (χ2v) is 4.80. The summed E-state index contributed by atoms with van der Waals surface area (Å²) in [5.74, 6) is -0.0137. The third-order valence-electron chi connectivity index (χ3n) is 3.23. The number of hydrogen-bond acceptors (Lipinski definition) is 7. The molecule has 2 rings (SSSR count). The van der Waals surface area contributed by atoms with E-state index >= 15 is 0 Å². The first-order valence-corrected chi connectivity index (χ1v) is 7.04. The first-order chi connectivity index (χ1) is 11.5. The maximum absolute atomic E-state index is 10.8. The van der Waals surface area contributed by atoms with Crippen molar-refractivity contribution in [2.24, 2.45) is 0 Å². The van der Waals surface area contributed by atoms with Crippen molar-refractivity contribution in [1.82, 2.24) is 4.98 Å². The van der Waals surface area contributed by atoms with Crippen LogP contribution in [0.5, 0.6) is 5.88 Å². The summed E-state index contributed by atoms with van der Waals surface area (Å²) in [7, 11) is 0. The maximum Gasteiger partial charge on any atom is 0.269 e. The molecule has 0 saturated carbocycles. The summed E-state index contributed by atoms with van der Waals surface area (Å²) in [6, 6.07) is 9.41. The lowest BCUT2D eigenvalue weighted by molar-refractivity contribution is -0.384. The van der Waals surface area contributed by atoms with Crippen molar-refractivity contribution in [2.75, 3.05) is 12.3 Å². The number of nitriles is 2. The van der Waals surface area contributed by atoms with E-state index in [9.17, 15) is 20.6 Å². The average Bonchev–Trinajstić information content (AvgIpc) is 2.59. The topological polar surface area (TPSA) is 139 Å². The standard InChI is InChI=1S/C16H13N5O3/c1-2-7-24-16-13(9-18)14(12(8-17)15(19)20-16)10-3-5-11(6-4-10)21(22)23/h3-6H,2,7H2,1H3,(H2,19,20). The molecule has 0 atom stereocenters. The van der Waals surface area contributed by atoms with Gasteiger partial charge in [-0.15, -0.1) is 0 Å². The molecule has 1 aromatic carbocycles. The number of nitrogens with zero attached hydrogens (tertiary/aromatic N) is 4. The zero-order chi connectivity index (χ0) is 17.7. The summed E-state index contributed by atoms with van der Waals surface area (Å²) in [4.78, 5) is 14.2. The highest BCUT2D eigenvalue weighted by atomic mass is 16.6. The Hall–Kier alpha value is -3.65. The Labute approximate surface area is 137 Å². The van der Waals surface area contributed by atoms with E-state index in [1.807, 2.05) is 19.1 Å². The van der Waals surface area contributed by atoms with Gasteiger partial charge in [-0.25, -0.2) is 0 Å². The average molecular weight is 323 g/mol. The van der Waals surface area contributed by atoms with Gasteiger partial charge in [0, 0.05) is 17.7 Å². The van der Waals surface area contributed by atoms with Crippen molar-refractivity contribution < 1.29 is 9.66 Å². The number of non-ortho nitro benzene ring substituents is 1. The van der Waals surface area contributed by atoms with Crippen LogP contribution in [-0.4, -0.2) is 16.5 Å². The fourth-order valence-electron chi connectivity index (χ4n) is 2.14. The number of ether oxygens (including phenoxy) is 1. The molecule has 8 heteroatoms. The molecule has 0 unspecified atom stereocenters. The first-order valence-electron chi connectivity index (χ1n) is 7.04. The van der Waals surface area contributed by atoms with Crippen LogP contribution in [0.25, 0.3) is 11.1 Å². The normalized spacial score (nSPS) is 9.79. The number of nitrogen functional groups attached to an aromatic ring is 1. The van der Waals surface area contributed by atoms with Crippen LogP contribution in [0.15, 0.2) is 24.3 Å². The van der Waals surface area contributed by atoms with E-state index in [0.717, 1.165) is 0 Å². The van der Waals surface area contributed by atoms with Gasteiger partial charge in [0.15, 0.2) is 0 Å². The molecule has 0 saturated heterocycles. The van der Waals surface area contributed by atoms with E-state index in [2.05, 4.69) is 4.98 Å². The Morgan fingerprint density at radius 1 is 1.25 bits per heavy atom. The molecular formula is C16H13N5O3. The maximum atomic E-state index is 10.8. The van der Waals surface area contributed by atoms with Crippen LogP contribution >= 0.6 is 0 Å². The van der Waals surface area contributed by atoms with Crippen LogP contribution in [0.4, 0.5) is 11.5 Å². The quantitative estimate of drug-likeness (QED) is 0.659. The first kappa shape index (κ1) is 16.7. The molecule has 0 fully saturated rings. The molecule has 1 aromatic heterocycles. The second-order valence-electron chi connectivity index (χ2n) is 4.80. The van der Waals surface area contributed by atoms with Crippen LogP contribution in [-0.2, 0) is 0 Å². The summed E-state index contributed by atoms with van der Waals surface area (Å²) < 4.78 is 5.45. The number of aromatic nitrogens is 1. The van der Waals surface area contributed by atoms with Crippen LogP contribution in [0.3, 0.4) is 0 Å². The lowest BCUT2D eigenvalue weighted by atomic mass is 9.96. The molecule has 24 heavy (non-hydrogen) atoms. The molecule has 120 valence electrons. The second kappa shape index (κ2) is 7.07. The third kappa shape index (κ3) is 3.08. The Kier molecular flexibility index (Phi) is 4.93. The fourth-order valence-corrected chi connectivity index (χ4v) is 2.14. The molecule has 2 aromatic rings. The molecule has 0 spiro atoms. The summed E-state index contributed by atoms with van der Waals surface area (Å²) in [6.45, 7) is 2.24. The Morgan fingerprint density at radius 3 is 2.38 bits per heavy atom. The van der Waals surface area contributed by atoms with E-state index in [4.69, 9.17) is 10.5 Å². The molecule has 0 amide bonds. The largest absolute Gasteiger partial charge is 0.477 e. The Bertz CT molecular complexity index is 863. The molecule has 0 aliphatic rings. The summed E-state index contributed by atoms with van der Waals surface area (Å²) >= 11 is 0. The van der Waals surface area contributed by atoms with Gasteiger partial charge in [-0.05, 0) is 24.1 Å². The van der Waals surface area contributed by atoms with E-state index in [-0.39, 0.29) is 34.1 Å². The third-order valence-corrected chi connectivity index (χ3v) is 3.23. The number of anilines is 1. The number of nitrogens with two attached hydrogens (primary N) is 1. The SMILES string of the molecule is CCCOc1nc(N)c(C#N)c(-c2ccc([N+](=O)[O-])cc2)c1C#N. The van der Waals surface area contributed by atoms with Gasteiger partial charge in [0.25, 0.3) is 5.69 Å². The molecule has 0 aliphatic carbocycles. The minimum absolute atomic E-state index is 0.0317. The fraction of sp³-hybridized carbons (Fsp3) is 0.188. The number of hydrogen-bond donors (Lipinski definition) is 1. The van der Waals surface area contributed by atoms with E-state index in [0.29, 0.717) is 18.6 Å². The van der Waals surface area contributed by atoms with Gasteiger partial charge in [-0.2, -0.15) is 15.5 Å². The van der Waals surface area contributed by atoms with Crippen molar-refractivity contribution >= 4 is 11.5 Å². The van der Waals surface area contributed by atoms with Gasteiger partial charge < -0.3 is 10.5 Å². The summed E-state index contributed by atoms with van der Waals surface area (Å²) in [6.07, 6.45) is 0.708. The monoisotopic (exact) mass is 323 g/mol. The van der Waals surface area contributed by atoms with Crippen LogP contribution < -0.4 is 10.5 Å². The highest BCUT2D eigenvalue weighted by molar-refractivity contribution is 5.82. The van der Waals surface area contributed by atoms with Crippen molar-refractivity contribution in [2.45, 2.75) is 13.3 Å². The zero-order valence-electron chi connectivity index (χ0n) is 12.8. The molecule has 8 nitrogen and oxygen atoms in total. The van der Waals surface area contributed by atoms with Crippen LogP contribution in [0, 0.1) is 32.8 Å². The van der Waals surface area contributed by atoms with Gasteiger partial charge in [0.2, 0.25) is 5.88 Å². The van der Waals surface area contributed by atoms with E-state index < -0.39 is 4.92 Å². The highest BCUT2D eigenvalue weighted by Gasteiger charge is 2.21. The number of benzene rings is 1. The molecule has 0 aliphatic heterocycles. The van der Waals surface area contributed by atoms with E-state index in [1.165, 1.54) is 24.3 Å². The summed E-state index contributed by atoms with van der Waals surface area (Å²) in [5, 5.41) is 29.6. The molecule has 0 bridgehead atoms. The van der Waals surface area contributed by atoms with Crippen molar-refractivity contribution in [1.29, 1.82) is 10.5 Å². The molecule has 0 radical (unpaired) electrons. The molecule has 2 N–H and O–H groups in total. The number of rotatable bonds is 5. The number of nitro benzene ring substituents is 1. The molecule has 1 heterocycles. The Morgan fingerprint density at radius 2 is 1.88 bits per heavy atom. The zero-order valence-corrected chi connectivity index (χ0v) is 12.8. The predicted octanol–water partition coefficient (Wildman–Crippen LogP) is 2.77. The predicted molar refractivity (Wildman–Crippen MR) is 86.0 cm³/mol. The number of nitro groups is 1. The van der Waals surface area contributed by atoms with Crippen molar-refractivity contribution in [3.63, 3.8) is 0 Å². The van der Waals surface area contributed by atoms with Crippen LogP contribution in [0.2, 0.25) is 0 Å². The van der Waals surface area contributed by atoms with Crippen molar-refractivity contribution in [3.8, 4) is 29.1 Å². The van der Waals surface area contributed by atoms with Crippen LogP contribution in [0.1, 0.15) is 24.5 Å². The lowest BCUT2D eigenvalue weighted by Crippen LogP contribution is -2.06. The Balaban J connectivity index is 2.70. The van der Waals surface area contributed by atoms with Gasteiger partial charge >= 0.3 is 0 Å². The smallest absolute Gasteiger partial charge is 0.269 e. The summed E-state index contributed by atoms with van der Waals surface area (Å²) in [5.41, 5.74) is 6.53. The molecular weight excluding hydrogens is 310 g/mol. The lowest BCUT2D eigenvalue weighted by Gasteiger charge is -2.13. The van der Waals surface area contributed by atoms with Gasteiger partial charge in [0.1, 0.15) is 29.1 Å². The van der Waals surface area contributed by atoms with E-state index in [1.54, 1.807) is 0 Å². The number of pyridine rings is 1. The minimum atomic E-state index is -0.531. The van der Waals surface area contributed by atoms with Gasteiger partial charge in [-0.3, -0.25) is 10.1 Å². The van der Waals surface area contributed by atoms with Crippen molar-refractivity contribution in [3.05, 3.63) is 45.5 Å². The highest BCUT2D eigenvalue weighted by Crippen LogP contribution is 2.35. The van der Waals surface area contributed by atoms with Gasteiger partial charge in [0.05, 0.1) is 11.5 Å².